The van der Waals surface area contributed by atoms with Crippen LogP contribution in [0, 0.1) is 0 Å². The van der Waals surface area contributed by atoms with Crippen LogP contribution in [0.15, 0.2) is 71.6 Å². The number of carbonyl (C=O) groups is 3. The van der Waals surface area contributed by atoms with E-state index in [1.54, 1.807) is 29.2 Å². The first kappa shape index (κ1) is 31.3. The van der Waals surface area contributed by atoms with Crippen molar-refractivity contribution in [1.82, 2.24) is 10.2 Å². The standard InChI is InChI=1S/C29H30Cl2N4O6S/c1-5-34(6-2)28(38)32-20-12-14-21(15-13-20)42(39,40)35-25-16-11-19(30)17-23(25)29(27(35)37,33-18(3)26(36)41-4)22-9-7-8-10-24(22)31/h7-18,33H,5-6H2,1-4H3,(H,32,38). The largest absolute Gasteiger partial charge is 0.468 e. The quantitative estimate of drug-likeness (QED) is 0.318. The molecule has 10 nitrogen and oxygen atoms in total. The molecule has 1 heterocycles. The van der Waals surface area contributed by atoms with Crippen LogP contribution < -0.4 is 14.9 Å². The monoisotopic (exact) mass is 632 g/mol. The zero-order valence-corrected chi connectivity index (χ0v) is 25.7. The molecule has 0 aliphatic carbocycles. The summed E-state index contributed by atoms with van der Waals surface area (Å²) in [6.07, 6.45) is 0. The smallest absolute Gasteiger partial charge is 0.322 e. The molecule has 2 atom stereocenters. The molecule has 222 valence electrons. The van der Waals surface area contributed by atoms with Gasteiger partial charge in [-0.1, -0.05) is 41.4 Å². The number of nitrogens with zero attached hydrogens (tertiary/aromatic N) is 2. The van der Waals surface area contributed by atoms with E-state index in [0.717, 1.165) is 0 Å². The van der Waals surface area contributed by atoms with E-state index >= 15 is 0 Å². The van der Waals surface area contributed by atoms with E-state index < -0.39 is 33.5 Å². The fraction of sp³-hybridized carbons (Fsp3) is 0.276. The second kappa shape index (κ2) is 12.3. The van der Waals surface area contributed by atoms with Gasteiger partial charge in [0, 0.05) is 39.9 Å². The molecule has 3 amide bonds. The number of benzene rings is 3. The number of sulfonamides is 1. The number of hydrogen-bond donors (Lipinski definition) is 2. The minimum absolute atomic E-state index is 0.0350. The molecule has 42 heavy (non-hydrogen) atoms. The topological polar surface area (TPSA) is 125 Å². The summed E-state index contributed by atoms with van der Waals surface area (Å²) < 4.78 is 33.8. The fourth-order valence-electron chi connectivity index (χ4n) is 4.93. The molecule has 3 aromatic carbocycles. The van der Waals surface area contributed by atoms with E-state index in [9.17, 15) is 22.8 Å². The number of carbonyl (C=O) groups excluding carboxylic acids is 3. The minimum Gasteiger partial charge on any atom is -0.468 e. The maximum absolute atomic E-state index is 14.5. The lowest BCUT2D eigenvalue weighted by molar-refractivity contribution is -0.143. The molecule has 0 spiro atoms. The minimum atomic E-state index is -4.52. The Morgan fingerprint density at radius 2 is 1.64 bits per heavy atom. The number of hydrogen-bond acceptors (Lipinski definition) is 7. The second-order valence-corrected chi connectivity index (χ2v) is 12.1. The van der Waals surface area contributed by atoms with Crippen LogP contribution in [0.2, 0.25) is 10.0 Å². The van der Waals surface area contributed by atoms with Gasteiger partial charge in [0.15, 0.2) is 5.54 Å². The highest BCUT2D eigenvalue weighted by molar-refractivity contribution is 7.93. The van der Waals surface area contributed by atoms with Gasteiger partial charge in [-0.15, -0.1) is 0 Å². The fourth-order valence-corrected chi connectivity index (χ4v) is 6.85. The third-order valence-electron chi connectivity index (χ3n) is 7.05. The van der Waals surface area contributed by atoms with Gasteiger partial charge in [0.05, 0.1) is 17.7 Å². The number of esters is 1. The number of ether oxygens (including phenoxy) is 1. The van der Waals surface area contributed by atoms with Crippen molar-refractivity contribution in [2.45, 2.75) is 37.2 Å². The molecule has 0 saturated carbocycles. The van der Waals surface area contributed by atoms with Crippen molar-refractivity contribution in [3.8, 4) is 0 Å². The van der Waals surface area contributed by atoms with Crippen LogP contribution in [0.5, 0.6) is 0 Å². The third-order valence-corrected chi connectivity index (χ3v) is 9.32. The predicted molar refractivity (Wildman–Crippen MR) is 161 cm³/mol. The number of nitrogens with one attached hydrogen (secondary N) is 2. The van der Waals surface area contributed by atoms with Crippen molar-refractivity contribution >= 4 is 62.5 Å². The van der Waals surface area contributed by atoms with Crippen LogP contribution in [0.25, 0.3) is 0 Å². The van der Waals surface area contributed by atoms with Crippen molar-refractivity contribution in [2.24, 2.45) is 0 Å². The van der Waals surface area contributed by atoms with Crippen LogP contribution in [-0.2, 0) is 29.9 Å². The van der Waals surface area contributed by atoms with Gasteiger partial charge in [0.2, 0.25) is 0 Å². The van der Waals surface area contributed by atoms with Gasteiger partial charge in [-0.2, -0.15) is 0 Å². The van der Waals surface area contributed by atoms with Crippen LogP contribution in [0.4, 0.5) is 16.2 Å². The highest BCUT2D eigenvalue weighted by Gasteiger charge is 2.57. The van der Waals surface area contributed by atoms with Crippen molar-refractivity contribution in [3.05, 3.63) is 87.9 Å². The predicted octanol–water partition coefficient (Wildman–Crippen LogP) is 5.00. The van der Waals surface area contributed by atoms with Crippen LogP contribution in [0.1, 0.15) is 31.9 Å². The summed E-state index contributed by atoms with van der Waals surface area (Å²) in [5, 5.41) is 6.14. The Morgan fingerprint density at radius 1 is 1.00 bits per heavy atom. The van der Waals surface area contributed by atoms with E-state index in [1.165, 1.54) is 56.5 Å². The number of fused-ring (bicyclic) bond motifs is 1. The summed E-state index contributed by atoms with van der Waals surface area (Å²) in [5.74, 6) is -1.59. The lowest BCUT2D eigenvalue weighted by atomic mass is 9.83. The number of urea groups is 1. The average molecular weight is 634 g/mol. The normalized spacial score (nSPS) is 17.0. The van der Waals surface area contributed by atoms with E-state index in [4.69, 9.17) is 27.9 Å². The maximum Gasteiger partial charge on any atom is 0.322 e. The highest BCUT2D eigenvalue weighted by atomic mass is 35.5. The van der Waals surface area contributed by atoms with Crippen LogP contribution in [-0.4, -0.2) is 57.5 Å². The molecule has 13 heteroatoms. The van der Waals surface area contributed by atoms with E-state index in [1.807, 2.05) is 13.8 Å². The number of rotatable bonds is 9. The summed E-state index contributed by atoms with van der Waals surface area (Å²) in [6.45, 7) is 6.20. The Bertz CT molecular complexity index is 1630. The maximum atomic E-state index is 14.5. The molecule has 1 aliphatic heterocycles. The van der Waals surface area contributed by atoms with Crippen LogP contribution >= 0.6 is 23.2 Å². The Morgan fingerprint density at radius 3 is 2.24 bits per heavy atom. The lowest BCUT2D eigenvalue weighted by Crippen LogP contribution is -2.57. The summed E-state index contributed by atoms with van der Waals surface area (Å²) in [6, 6.07) is 14.9. The Balaban J connectivity index is 1.85. The SMILES string of the molecule is CCN(CC)C(=O)Nc1ccc(S(=O)(=O)N2C(=O)C(NC(C)C(=O)OC)(c3ccccc3Cl)c3cc(Cl)ccc32)cc1. The Kier molecular flexibility index (Phi) is 9.17. The zero-order valence-electron chi connectivity index (χ0n) is 23.4. The highest BCUT2D eigenvalue weighted by Crippen LogP contribution is 2.49. The Hall–Kier alpha value is -3.64. The summed E-state index contributed by atoms with van der Waals surface area (Å²) >= 11 is 13.0. The molecule has 0 aromatic heterocycles. The molecule has 2 unspecified atom stereocenters. The molecule has 3 aromatic rings. The van der Waals surface area contributed by atoms with Gasteiger partial charge in [0.1, 0.15) is 6.04 Å². The average Bonchev–Trinajstić information content (AvgIpc) is 3.21. The van der Waals surface area contributed by atoms with Gasteiger partial charge in [-0.05, 0) is 69.3 Å². The summed E-state index contributed by atoms with van der Waals surface area (Å²) in [5.41, 5.74) is -1.09. The van der Waals surface area contributed by atoms with Gasteiger partial charge >= 0.3 is 12.0 Å². The molecule has 0 radical (unpaired) electrons. The molecule has 0 saturated heterocycles. The lowest BCUT2D eigenvalue weighted by Gasteiger charge is -2.33. The molecule has 0 fully saturated rings. The van der Waals surface area contributed by atoms with Gasteiger partial charge in [-0.25, -0.2) is 17.5 Å². The summed E-state index contributed by atoms with van der Waals surface area (Å²) in [4.78, 5) is 40.9. The van der Waals surface area contributed by atoms with Crippen molar-refractivity contribution in [3.63, 3.8) is 0 Å². The number of anilines is 2. The zero-order chi connectivity index (χ0) is 30.8. The van der Waals surface area contributed by atoms with Crippen molar-refractivity contribution < 1.29 is 27.5 Å². The van der Waals surface area contributed by atoms with Gasteiger partial charge in [-0.3, -0.25) is 14.9 Å². The second-order valence-electron chi connectivity index (χ2n) is 9.48. The Labute approximate surface area is 254 Å². The molecular formula is C29H30Cl2N4O6S. The number of amides is 3. The van der Waals surface area contributed by atoms with E-state index in [0.29, 0.717) is 23.1 Å². The number of halogens is 2. The first-order chi connectivity index (χ1) is 19.9. The first-order valence-electron chi connectivity index (χ1n) is 13.1. The van der Waals surface area contributed by atoms with Crippen molar-refractivity contribution in [1.29, 1.82) is 0 Å². The van der Waals surface area contributed by atoms with Crippen molar-refractivity contribution in [2.75, 3.05) is 29.8 Å². The molecule has 2 N–H and O–H groups in total. The van der Waals surface area contributed by atoms with E-state index in [2.05, 4.69) is 10.6 Å². The molecular weight excluding hydrogens is 603 g/mol. The first-order valence-corrected chi connectivity index (χ1v) is 15.3. The number of methoxy groups -OCH3 is 1. The van der Waals surface area contributed by atoms with Gasteiger partial charge in [0.25, 0.3) is 15.9 Å². The molecule has 1 aliphatic rings. The third kappa shape index (κ3) is 5.45. The molecule has 0 bridgehead atoms. The van der Waals surface area contributed by atoms with E-state index in [-0.39, 0.29) is 37.8 Å². The summed E-state index contributed by atoms with van der Waals surface area (Å²) in [7, 11) is -3.32. The van der Waals surface area contributed by atoms with Gasteiger partial charge < -0.3 is 15.0 Å². The van der Waals surface area contributed by atoms with Crippen LogP contribution in [0.3, 0.4) is 0 Å². The molecule has 4 rings (SSSR count).